The van der Waals surface area contributed by atoms with Crippen LogP contribution in [0.25, 0.3) is 0 Å². The lowest BCUT2D eigenvalue weighted by atomic mass is 9.80. The van der Waals surface area contributed by atoms with Crippen molar-refractivity contribution in [1.29, 1.82) is 0 Å². The molecule has 2 aliphatic rings. The van der Waals surface area contributed by atoms with Crippen LogP contribution in [0.2, 0.25) is 0 Å². The van der Waals surface area contributed by atoms with Crippen LogP contribution in [0.4, 0.5) is 5.69 Å². The number of hydrogen-bond acceptors (Lipinski definition) is 2. The summed E-state index contributed by atoms with van der Waals surface area (Å²) in [6, 6.07) is 15.7. The summed E-state index contributed by atoms with van der Waals surface area (Å²) in [7, 11) is 0. The van der Waals surface area contributed by atoms with E-state index in [2.05, 4.69) is 17.4 Å². The number of carbonyl (C=O) groups excluding carboxylic acids is 2. The molecule has 1 saturated heterocycles. The third-order valence-corrected chi connectivity index (χ3v) is 5.51. The van der Waals surface area contributed by atoms with Crippen molar-refractivity contribution >= 4 is 17.5 Å². The quantitative estimate of drug-likeness (QED) is 0.874. The zero-order valence-electron chi connectivity index (χ0n) is 14.9. The first-order valence-electron chi connectivity index (χ1n) is 9.47. The Morgan fingerprint density at radius 1 is 1.00 bits per heavy atom. The first kappa shape index (κ1) is 16.8. The van der Waals surface area contributed by atoms with Gasteiger partial charge in [0.15, 0.2) is 0 Å². The number of nitrogens with one attached hydrogen (secondary N) is 1. The first-order valence-corrected chi connectivity index (χ1v) is 9.47. The molecule has 0 radical (unpaired) electrons. The third kappa shape index (κ3) is 3.64. The zero-order chi connectivity index (χ0) is 17.9. The van der Waals surface area contributed by atoms with E-state index in [4.69, 9.17) is 0 Å². The van der Waals surface area contributed by atoms with E-state index in [1.807, 2.05) is 41.3 Å². The van der Waals surface area contributed by atoms with Gasteiger partial charge < -0.3 is 10.2 Å². The van der Waals surface area contributed by atoms with Gasteiger partial charge in [-0.05, 0) is 60.6 Å². The summed E-state index contributed by atoms with van der Waals surface area (Å²) in [5, 5.41) is 2.95. The number of rotatable bonds is 5. The largest absolute Gasteiger partial charge is 0.338 e. The van der Waals surface area contributed by atoms with Gasteiger partial charge in [0.2, 0.25) is 5.91 Å². The van der Waals surface area contributed by atoms with Crippen LogP contribution in [-0.2, 0) is 11.3 Å². The normalized spacial score (nSPS) is 17.2. The summed E-state index contributed by atoms with van der Waals surface area (Å²) in [6.07, 6.45) is 5.46. The lowest BCUT2D eigenvalue weighted by Gasteiger charge is -2.25. The van der Waals surface area contributed by atoms with Gasteiger partial charge in [-0.3, -0.25) is 9.59 Å². The molecule has 0 aromatic heterocycles. The minimum absolute atomic E-state index is 0.0902. The molecule has 0 bridgehead atoms. The number of benzene rings is 2. The molecule has 2 amide bonds. The van der Waals surface area contributed by atoms with Crippen LogP contribution in [0.1, 0.15) is 59.5 Å². The molecular weight excluding hydrogens is 324 g/mol. The number of amides is 2. The summed E-state index contributed by atoms with van der Waals surface area (Å²) in [6.45, 7) is 1.49. The van der Waals surface area contributed by atoms with Crippen molar-refractivity contribution < 1.29 is 9.59 Å². The molecule has 1 aliphatic heterocycles. The number of likely N-dealkylation sites (tertiary alicyclic amines) is 1. The van der Waals surface area contributed by atoms with Crippen molar-refractivity contribution in [2.75, 3.05) is 11.9 Å². The molecular formula is C22H24N2O2. The van der Waals surface area contributed by atoms with E-state index >= 15 is 0 Å². The Morgan fingerprint density at radius 3 is 2.31 bits per heavy atom. The second-order valence-electron chi connectivity index (χ2n) is 7.32. The van der Waals surface area contributed by atoms with Gasteiger partial charge in [-0.15, -0.1) is 0 Å². The summed E-state index contributed by atoms with van der Waals surface area (Å²) < 4.78 is 0. The summed E-state index contributed by atoms with van der Waals surface area (Å²) in [5.74, 6) is 0.822. The molecule has 4 rings (SSSR count). The fraction of sp³-hybridized carbons (Fsp3) is 0.364. The maximum atomic E-state index is 12.4. The fourth-order valence-corrected chi connectivity index (χ4v) is 3.64. The van der Waals surface area contributed by atoms with Gasteiger partial charge in [0.05, 0.1) is 0 Å². The van der Waals surface area contributed by atoms with E-state index in [0.29, 0.717) is 24.4 Å². The van der Waals surface area contributed by atoms with Crippen molar-refractivity contribution in [3.05, 3.63) is 65.2 Å². The van der Waals surface area contributed by atoms with Gasteiger partial charge in [-0.1, -0.05) is 30.7 Å². The van der Waals surface area contributed by atoms with E-state index in [9.17, 15) is 9.59 Å². The van der Waals surface area contributed by atoms with E-state index < -0.39 is 0 Å². The highest BCUT2D eigenvalue weighted by molar-refractivity contribution is 6.04. The van der Waals surface area contributed by atoms with Gasteiger partial charge in [0.1, 0.15) is 0 Å². The van der Waals surface area contributed by atoms with Crippen LogP contribution < -0.4 is 5.32 Å². The Morgan fingerprint density at radius 2 is 1.73 bits per heavy atom. The van der Waals surface area contributed by atoms with Gasteiger partial charge in [0.25, 0.3) is 5.91 Å². The van der Waals surface area contributed by atoms with Crippen molar-refractivity contribution in [2.24, 2.45) is 0 Å². The number of hydrogen-bond donors (Lipinski definition) is 1. The van der Waals surface area contributed by atoms with Gasteiger partial charge >= 0.3 is 0 Å². The van der Waals surface area contributed by atoms with Crippen LogP contribution >= 0.6 is 0 Å². The lowest BCUT2D eigenvalue weighted by molar-refractivity contribution is -0.128. The molecule has 1 saturated carbocycles. The molecule has 0 unspecified atom stereocenters. The Labute approximate surface area is 154 Å². The maximum absolute atomic E-state index is 12.4. The summed E-state index contributed by atoms with van der Waals surface area (Å²) in [5.41, 5.74) is 3.88. The monoisotopic (exact) mass is 348 g/mol. The Hall–Kier alpha value is -2.62. The maximum Gasteiger partial charge on any atom is 0.255 e. The molecule has 2 fully saturated rings. The SMILES string of the molecule is O=C(Nc1ccc(CN2CCCC2=O)cc1)c1ccc(C2CCC2)cc1. The topological polar surface area (TPSA) is 49.4 Å². The molecule has 4 heteroatoms. The molecule has 134 valence electrons. The van der Waals surface area contributed by atoms with E-state index in [1.54, 1.807) is 0 Å². The number of nitrogens with zero attached hydrogens (tertiary/aromatic N) is 1. The standard InChI is InChI=1S/C22H24N2O2/c25-21-5-2-14-24(21)15-16-6-12-20(13-7-16)23-22(26)19-10-8-18(9-11-19)17-3-1-4-17/h6-13,17H,1-5,14-15H2,(H,23,26). The van der Waals surface area contributed by atoms with Crippen LogP contribution in [0.5, 0.6) is 0 Å². The van der Waals surface area contributed by atoms with Gasteiger partial charge in [-0.2, -0.15) is 0 Å². The minimum atomic E-state index is -0.0902. The smallest absolute Gasteiger partial charge is 0.255 e. The number of carbonyl (C=O) groups is 2. The Balaban J connectivity index is 1.35. The average molecular weight is 348 g/mol. The first-order chi connectivity index (χ1) is 12.7. The molecule has 1 heterocycles. The molecule has 2 aromatic rings. The van der Waals surface area contributed by atoms with Crippen molar-refractivity contribution in [1.82, 2.24) is 4.90 Å². The Kier molecular flexibility index (Phi) is 4.74. The predicted molar refractivity (Wildman–Crippen MR) is 102 cm³/mol. The predicted octanol–water partition coefficient (Wildman–Crippen LogP) is 4.33. The van der Waals surface area contributed by atoms with Crippen molar-refractivity contribution in [3.8, 4) is 0 Å². The van der Waals surface area contributed by atoms with Crippen LogP contribution in [0.3, 0.4) is 0 Å². The Bertz CT molecular complexity index is 792. The zero-order valence-corrected chi connectivity index (χ0v) is 14.9. The van der Waals surface area contributed by atoms with Gasteiger partial charge in [-0.25, -0.2) is 0 Å². The second-order valence-corrected chi connectivity index (χ2v) is 7.32. The van der Waals surface area contributed by atoms with Crippen LogP contribution in [0.15, 0.2) is 48.5 Å². The molecule has 1 aliphatic carbocycles. The second kappa shape index (κ2) is 7.32. The molecule has 0 spiro atoms. The average Bonchev–Trinajstić information content (AvgIpc) is 3.00. The van der Waals surface area contributed by atoms with Crippen molar-refractivity contribution in [2.45, 2.75) is 44.6 Å². The fourth-order valence-electron chi connectivity index (χ4n) is 3.64. The van der Waals surface area contributed by atoms with E-state index in [-0.39, 0.29) is 11.8 Å². The molecule has 4 nitrogen and oxygen atoms in total. The minimum Gasteiger partial charge on any atom is -0.338 e. The van der Waals surface area contributed by atoms with Crippen LogP contribution in [0, 0.1) is 0 Å². The highest BCUT2D eigenvalue weighted by Crippen LogP contribution is 2.36. The summed E-state index contributed by atoms with van der Waals surface area (Å²) >= 11 is 0. The van der Waals surface area contributed by atoms with Gasteiger partial charge in [0, 0.05) is 30.8 Å². The van der Waals surface area contributed by atoms with Crippen molar-refractivity contribution in [3.63, 3.8) is 0 Å². The van der Waals surface area contributed by atoms with E-state index in [1.165, 1.54) is 24.8 Å². The summed E-state index contributed by atoms with van der Waals surface area (Å²) in [4.78, 5) is 26.0. The molecule has 2 aromatic carbocycles. The highest BCUT2D eigenvalue weighted by atomic mass is 16.2. The third-order valence-electron chi connectivity index (χ3n) is 5.51. The molecule has 0 atom stereocenters. The van der Waals surface area contributed by atoms with E-state index in [0.717, 1.165) is 24.2 Å². The lowest BCUT2D eigenvalue weighted by Crippen LogP contribution is -2.23. The van der Waals surface area contributed by atoms with Crippen LogP contribution in [-0.4, -0.2) is 23.3 Å². The molecule has 26 heavy (non-hydrogen) atoms. The molecule has 1 N–H and O–H groups in total. The number of anilines is 1. The highest BCUT2D eigenvalue weighted by Gasteiger charge is 2.20.